The summed E-state index contributed by atoms with van der Waals surface area (Å²) in [6.45, 7) is 5.31. The van der Waals surface area contributed by atoms with Gasteiger partial charge >= 0.3 is 5.00 Å². The number of nitro groups is 1. The Kier molecular flexibility index (Phi) is 3.99. The van der Waals surface area contributed by atoms with Gasteiger partial charge in [0.25, 0.3) is 0 Å². The van der Waals surface area contributed by atoms with Crippen LogP contribution in [0.5, 0.6) is 0 Å². The van der Waals surface area contributed by atoms with Crippen LogP contribution in [0.3, 0.4) is 0 Å². The highest BCUT2D eigenvalue weighted by atomic mass is 32.1. The first-order valence-electron chi connectivity index (χ1n) is 6.26. The maximum absolute atomic E-state index is 10.8. The standard InChI is InChI=1S/C12H19N3O2S/c1-8(2)14-7-3-4-9(13)12(14)10-5-6-11(18-10)15(16)17/h5-6,8-9,12H,3-4,7,13H2,1-2H3. The molecule has 1 fully saturated rings. The topological polar surface area (TPSA) is 72.4 Å². The molecule has 2 rings (SSSR count). The van der Waals surface area contributed by atoms with Crippen LogP contribution in [0.1, 0.15) is 37.6 Å². The van der Waals surface area contributed by atoms with Crippen LogP contribution in [-0.2, 0) is 0 Å². The number of rotatable bonds is 3. The summed E-state index contributed by atoms with van der Waals surface area (Å²) in [5.74, 6) is 0. The molecule has 2 unspecified atom stereocenters. The molecule has 1 aromatic rings. The van der Waals surface area contributed by atoms with Gasteiger partial charge in [-0.1, -0.05) is 11.3 Å². The molecule has 6 heteroatoms. The summed E-state index contributed by atoms with van der Waals surface area (Å²) in [6.07, 6.45) is 2.09. The van der Waals surface area contributed by atoms with Gasteiger partial charge in [0.05, 0.1) is 11.0 Å². The van der Waals surface area contributed by atoms with Crippen LogP contribution >= 0.6 is 11.3 Å². The van der Waals surface area contributed by atoms with Crippen molar-refractivity contribution in [2.75, 3.05) is 6.54 Å². The van der Waals surface area contributed by atoms with Crippen molar-refractivity contribution < 1.29 is 4.92 Å². The van der Waals surface area contributed by atoms with Gasteiger partial charge in [-0.05, 0) is 39.3 Å². The zero-order valence-electron chi connectivity index (χ0n) is 10.7. The van der Waals surface area contributed by atoms with Crippen LogP contribution in [0.15, 0.2) is 12.1 Å². The molecule has 1 aliphatic rings. The van der Waals surface area contributed by atoms with E-state index in [1.165, 1.54) is 11.3 Å². The van der Waals surface area contributed by atoms with Gasteiger partial charge in [-0.15, -0.1) is 0 Å². The quantitative estimate of drug-likeness (QED) is 0.676. The molecule has 18 heavy (non-hydrogen) atoms. The smallest absolute Gasteiger partial charge is 0.324 e. The first kappa shape index (κ1) is 13.5. The molecule has 1 aliphatic heterocycles. The van der Waals surface area contributed by atoms with E-state index < -0.39 is 0 Å². The average Bonchev–Trinajstić information content (AvgIpc) is 2.77. The Balaban J connectivity index is 2.28. The van der Waals surface area contributed by atoms with Crippen LogP contribution < -0.4 is 5.73 Å². The molecule has 0 saturated carbocycles. The van der Waals surface area contributed by atoms with Gasteiger partial charge in [0.2, 0.25) is 0 Å². The molecule has 0 aromatic carbocycles. The minimum absolute atomic E-state index is 0.0689. The van der Waals surface area contributed by atoms with E-state index in [0.717, 1.165) is 24.3 Å². The Hall–Kier alpha value is -0.980. The van der Waals surface area contributed by atoms with Crippen molar-refractivity contribution in [3.05, 3.63) is 27.1 Å². The van der Waals surface area contributed by atoms with Crippen LogP contribution in [0, 0.1) is 10.1 Å². The highest BCUT2D eigenvalue weighted by molar-refractivity contribution is 7.15. The van der Waals surface area contributed by atoms with Crippen molar-refractivity contribution in [3.8, 4) is 0 Å². The fourth-order valence-corrected chi connectivity index (χ4v) is 3.62. The first-order chi connectivity index (χ1) is 8.50. The fraction of sp³-hybridized carbons (Fsp3) is 0.667. The van der Waals surface area contributed by atoms with Crippen molar-refractivity contribution in [1.82, 2.24) is 4.90 Å². The lowest BCUT2D eigenvalue weighted by Crippen LogP contribution is -2.48. The molecule has 1 saturated heterocycles. The number of nitrogens with zero attached hydrogens (tertiary/aromatic N) is 2. The lowest BCUT2D eigenvalue weighted by molar-refractivity contribution is -0.380. The lowest BCUT2D eigenvalue weighted by atomic mass is 9.94. The molecule has 0 aliphatic carbocycles. The Labute approximate surface area is 111 Å². The van der Waals surface area contributed by atoms with E-state index in [1.54, 1.807) is 6.07 Å². The van der Waals surface area contributed by atoms with Crippen LogP contribution in [0.4, 0.5) is 5.00 Å². The van der Waals surface area contributed by atoms with E-state index in [0.29, 0.717) is 6.04 Å². The van der Waals surface area contributed by atoms with Gasteiger partial charge in [0.15, 0.2) is 0 Å². The summed E-state index contributed by atoms with van der Waals surface area (Å²) in [5, 5.41) is 11.0. The molecule has 2 N–H and O–H groups in total. The number of hydrogen-bond donors (Lipinski definition) is 1. The lowest BCUT2D eigenvalue weighted by Gasteiger charge is -2.41. The van der Waals surface area contributed by atoms with E-state index >= 15 is 0 Å². The molecule has 1 aromatic heterocycles. The maximum atomic E-state index is 10.8. The number of likely N-dealkylation sites (tertiary alicyclic amines) is 1. The second-order valence-electron chi connectivity index (χ2n) is 5.02. The van der Waals surface area contributed by atoms with E-state index in [2.05, 4.69) is 18.7 Å². The van der Waals surface area contributed by atoms with Gasteiger partial charge in [0.1, 0.15) is 0 Å². The van der Waals surface area contributed by atoms with Crippen molar-refractivity contribution in [2.45, 2.75) is 44.8 Å². The van der Waals surface area contributed by atoms with Crippen molar-refractivity contribution >= 4 is 16.3 Å². The van der Waals surface area contributed by atoms with Crippen molar-refractivity contribution in [1.29, 1.82) is 0 Å². The number of hydrogen-bond acceptors (Lipinski definition) is 5. The molecular weight excluding hydrogens is 250 g/mol. The summed E-state index contributed by atoms with van der Waals surface area (Å²) >= 11 is 1.25. The van der Waals surface area contributed by atoms with Crippen LogP contribution in [0.25, 0.3) is 0 Å². The zero-order chi connectivity index (χ0) is 13.3. The summed E-state index contributed by atoms with van der Waals surface area (Å²) in [7, 11) is 0. The molecule has 2 atom stereocenters. The molecule has 0 bridgehead atoms. The normalized spacial score (nSPS) is 25.6. The highest BCUT2D eigenvalue weighted by Crippen LogP contribution is 2.37. The Morgan fingerprint density at radius 2 is 2.28 bits per heavy atom. The first-order valence-corrected chi connectivity index (χ1v) is 7.08. The minimum atomic E-state index is -0.331. The van der Waals surface area contributed by atoms with Crippen molar-refractivity contribution in [2.24, 2.45) is 5.73 Å². The van der Waals surface area contributed by atoms with Gasteiger partial charge in [-0.3, -0.25) is 15.0 Å². The van der Waals surface area contributed by atoms with Crippen molar-refractivity contribution in [3.63, 3.8) is 0 Å². The van der Waals surface area contributed by atoms with Crippen LogP contribution in [0.2, 0.25) is 0 Å². The summed E-state index contributed by atoms with van der Waals surface area (Å²) in [5.41, 5.74) is 6.22. The third kappa shape index (κ3) is 2.55. The Bertz CT molecular complexity index is 433. The third-order valence-corrected chi connectivity index (χ3v) is 4.57. The third-order valence-electron chi connectivity index (χ3n) is 3.46. The molecular formula is C12H19N3O2S. The fourth-order valence-electron chi connectivity index (χ4n) is 2.61. The SMILES string of the molecule is CC(C)N1CCCC(N)C1c1ccc([N+](=O)[O-])s1. The monoisotopic (exact) mass is 269 g/mol. The molecule has 100 valence electrons. The minimum Gasteiger partial charge on any atom is -0.326 e. The summed E-state index contributed by atoms with van der Waals surface area (Å²) in [4.78, 5) is 13.8. The molecule has 0 radical (unpaired) electrons. The Morgan fingerprint density at radius 1 is 1.56 bits per heavy atom. The number of piperidine rings is 1. The molecule has 0 amide bonds. The van der Waals surface area contributed by atoms with E-state index in [9.17, 15) is 10.1 Å². The molecule has 2 heterocycles. The highest BCUT2D eigenvalue weighted by Gasteiger charge is 2.33. The van der Waals surface area contributed by atoms with Crippen LogP contribution in [-0.4, -0.2) is 28.5 Å². The summed E-state index contributed by atoms with van der Waals surface area (Å²) < 4.78 is 0. The predicted molar refractivity (Wildman–Crippen MR) is 72.8 cm³/mol. The van der Waals surface area contributed by atoms with Gasteiger partial charge in [-0.2, -0.15) is 0 Å². The van der Waals surface area contributed by atoms with E-state index in [-0.39, 0.29) is 22.0 Å². The van der Waals surface area contributed by atoms with Gasteiger partial charge in [-0.25, -0.2) is 0 Å². The number of thiophene rings is 1. The maximum Gasteiger partial charge on any atom is 0.324 e. The average molecular weight is 269 g/mol. The Morgan fingerprint density at radius 3 is 2.83 bits per heavy atom. The zero-order valence-corrected chi connectivity index (χ0v) is 11.5. The van der Waals surface area contributed by atoms with E-state index in [4.69, 9.17) is 5.73 Å². The number of nitrogens with two attached hydrogens (primary N) is 1. The largest absolute Gasteiger partial charge is 0.326 e. The predicted octanol–water partition coefficient (Wildman–Crippen LogP) is 2.53. The summed E-state index contributed by atoms with van der Waals surface area (Å²) in [6, 6.07) is 4.03. The molecule has 5 nitrogen and oxygen atoms in total. The van der Waals surface area contributed by atoms with Gasteiger partial charge in [0, 0.05) is 23.0 Å². The second kappa shape index (κ2) is 5.34. The molecule has 0 spiro atoms. The second-order valence-corrected chi connectivity index (χ2v) is 6.11. The van der Waals surface area contributed by atoms with Gasteiger partial charge < -0.3 is 5.73 Å². The van der Waals surface area contributed by atoms with E-state index in [1.807, 2.05) is 6.07 Å².